The first kappa shape index (κ1) is 11.5. The van der Waals surface area contributed by atoms with Crippen LogP contribution >= 0.6 is 0 Å². The Morgan fingerprint density at radius 3 is 2.43 bits per heavy atom. The van der Waals surface area contributed by atoms with Gasteiger partial charge in [-0.25, -0.2) is 5.84 Å². The summed E-state index contributed by atoms with van der Waals surface area (Å²) in [4.78, 5) is 4.72. The molecule has 0 saturated heterocycles. The van der Waals surface area contributed by atoms with Crippen molar-refractivity contribution in [1.82, 2.24) is 5.43 Å². The third-order valence-electron chi connectivity index (χ3n) is 3.30. The lowest BCUT2D eigenvalue weighted by Crippen LogP contribution is -2.41. The van der Waals surface area contributed by atoms with Gasteiger partial charge >= 0.3 is 0 Å². The predicted octanol–water partition coefficient (Wildman–Crippen LogP) is 2.23. The summed E-state index contributed by atoms with van der Waals surface area (Å²) in [7, 11) is 0. The number of nitrogens with zero attached hydrogens (tertiary/aromatic N) is 1. The molecule has 0 aliphatic heterocycles. The standard InChI is InChI=1S/C11H23N3/c1-4-11(2,3)10(14-12)13-9-7-5-6-8-9/h9H,4-8,12H2,1-3H3,(H,13,14). The molecule has 0 bridgehead atoms. The molecule has 0 aromatic heterocycles. The van der Waals surface area contributed by atoms with Crippen LogP contribution in [0.3, 0.4) is 0 Å². The number of hydrogen-bond donors (Lipinski definition) is 2. The highest BCUT2D eigenvalue weighted by atomic mass is 15.3. The van der Waals surface area contributed by atoms with Crippen molar-refractivity contribution in [1.29, 1.82) is 0 Å². The first-order valence-corrected chi connectivity index (χ1v) is 5.65. The second-order valence-electron chi connectivity index (χ2n) is 4.80. The first-order chi connectivity index (χ1) is 6.60. The molecule has 1 saturated carbocycles. The van der Waals surface area contributed by atoms with Crippen LogP contribution in [0.4, 0.5) is 0 Å². The Morgan fingerprint density at radius 1 is 1.43 bits per heavy atom. The molecule has 0 amide bonds. The molecule has 3 nitrogen and oxygen atoms in total. The normalized spacial score (nSPS) is 20.1. The average Bonchev–Trinajstić information content (AvgIpc) is 2.66. The molecule has 0 atom stereocenters. The van der Waals surface area contributed by atoms with Gasteiger partial charge in [-0.2, -0.15) is 0 Å². The number of rotatable bonds is 3. The van der Waals surface area contributed by atoms with Crippen LogP contribution in [-0.4, -0.2) is 11.9 Å². The van der Waals surface area contributed by atoms with Gasteiger partial charge in [-0.1, -0.05) is 33.6 Å². The fourth-order valence-electron chi connectivity index (χ4n) is 1.79. The van der Waals surface area contributed by atoms with Crippen LogP contribution < -0.4 is 11.3 Å². The lowest BCUT2D eigenvalue weighted by molar-refractivity contribution is 0.478. The van der Waals surface area contributed by atoms with Gasteiger partial charge in [0.1, 0.15) is 5.84 Å². The van der Waals surface area contributed by atoms with Gasteiger partial charge < -0.3 is 5.43 Å². The summed E-state index contributed by atoms with van der Waals surface area (Å²) >= 11 is 0. The minimum atomic E-state index is 0.0807. The number of nitrogens with two attached hydrogens (primary N) is 1. The first-order valence-electron chi connectivity index (χ1n) is 5.65. The largest absolute Gasteiger partial charge is 0.312 e. The van der Waals surface area contributed by atoms with Crippen LogP contribution in [0.1, 0.15) is 52.9 Å². The molecule has 82 valence electrons. The second-order valence-corrected chi connectivity index (χ2v) is 4.80. The number of hydrogen-bond acceptors (Lipinski definition) is 2. The summed E-state index contributed by atoms with van der Waals surface area (Å²) in [5, 5.41) is 0. The Hall–Kier alpha value is -0.570. The fraction of sp³-hybridized carbons (Fsp3) is 0.909. The predicted molar refractivity (Wildman–Crippen MR) is 61.1 cm³/mol. The number of amidine groups is 1. The van der Waals surface area contributed by atoms with E-state index in [-0.39, 0.29) is 5.41 Å². The van der Waals surface area contributed by atoms with Crippen LogP contribution in [0.2, 0.25) is 0 Å². The summed E-state index contributed by atoms with van der Waals surface area (Å²) in [6, 6.07) is 0.506. The van der Waals surface area contributed by atoms with Crippen molar-refractivity contribution >= 4 is 5.84 Å². The molecule has 0 radical (unpaired) electrons. The molecule has 0 heterocycles. The van der Waals surface area contributed by atoms with Crippen molar-refractivity contribution in [2.75, 3.05) is 0 Å². The van der Waals surface area contributed by atoms with Gasteiger partial charge in [0.05, 0.1) is 6.04 Å². The Balaban J connectivity index is 2.68. The van der Waals surface area contributed by atoms with E-state index < -0.39 is 0 Å². The van der Waals surface area contributed by atoms with Gasteiger partial charge in [0.2, 0.25) is 0 Å². The maximum Gasteiger partial charge on any atom is 0.116 e. The zero-order valence-electron chi connectivity index (χ0n) is 9.64. The minimum Gasteiger partial charge on any atom is -0.312 e. The van der Waals surface area contributed by atoms with Crippen molar-refractivity contribution in [3.63, 3.8) is 0 Å². The summed E-state index contributed by atoms with van der Waals surface area (Å²) in [6.07, 6.45) is 6.15. The van der Waals surface area contributed by atoms with Gasteiger partial charge in [-0.15, -0.1) is 0 Å². The molecular weight excluding hydrogens is 174 g/mol. The third-order valence-corrected chi connectivity index (χ3v) is 3.30. The number of nitrogens with one attached hydrogen (secondary N) is 1. The van der Waals surface area contributed by atoms with E-state index in [1.165, 1.54) is 25.7 Å². The molecule has 1 aliphatic carbocycles. The monoisotopic (exact) mass is 197 g/mol. The van der Waals surface area contributed by atoms with E-state index in [4.69, 9.17) is 10.8 Å². The Kier molecular flexibility index (Phi) is 3.93. The molecule has 0 aromatic carbocycles. The van der Waals surface area contributed by atoms with Crippen molar-refractivity contribution < 1.29 is 0 Å². The molecule has 0 spiro atoms. The van der Waals surface area contributed by atoms with Gasteiger partial charge in [-0.3, -0.25) is 4.99 Å². The highest BCUT2D eigenvalue weighted by Gasteiger charge is 2.24. The third kappa shape index (κ3) is 2.71. The van der Waals surface area contributed by atoms with Crippen LogP contribution in [0.25, 0.3) is 0 Å². The lowest BCUT2D eigenvalue weighted by atomic mass is 9.88. The van der Waals surface area contributed by atoms with E-state index in [9.17, 15) is 0 Å². The Bertz CT molecular complexity index is 203. The van der Waals surface area contributed by atoms with E-state index in [0.717, 1.165) is 12.3 Å². The maximum atomic E-state index is 5.53. The summed E-state index contributed by atoms with van der Waals surface area (Å²) in [5.74, 6) is 6.50. The zero-order chi connectivity index (χ0) is 10.6. The smallest absolute Gasteiger partial charge is 0.116 e. The highest BCUT2D eigenvalue weighted by molar-refractivity contribution is 5.87. The van der Waals surface area contributed by atoms with Crippen LogP contribution in [0.15, 0.2) is 4.99 Å². The molecule has 1 rings (SSSR count). The summed E-state index contributed by atoms with van der Waals surface area (Å²) < 4.78 is 0. The summed E-state index contributed by atoms with van der Waals surface area (Å²) in [5.41, 5.74) is 2.85. The fourth-order valence-corrected chi connectivity index (χ4v) is 1.79. The van der Waals surface area contributed by atoms with Crippen molar-refractivity contribution in [3.05, 3.63) is 0 Å². The average molecular weight is 197 g/mol. The molecule has 1 aliphatic rings. The molecule has 3 N–H and O–H groups in total. The van der Waals surface area contributed by atoms with E-state index in [1.807, 2.05) is 0 Å². The quantitative estimate of drug-likeness (QED) is 0.315. The van der Waals surface area contributed by atoms with E-state index >= 15 is 0 Å². The lowest BCUT2D eigenvalue weighted by Gasteiger charge is -2.25. The highest BCUT2D eigenvalue weighted by Crippen LogP contribution is 2.25. The van der Waals surface area contributed by atoms with Gasteiger partial charge in [0.25, 0.3) is 0 Å². The van der Waals surface area contributed by atoms with Crippen molar-refractivity contribution in [2.45, 2.75) is 58.9 Å². The van der Waals surface area contributed by atoms with Gasteiger partial charge in [-0.05, 0) is 19.3 Å². The molecule has 3 heteroatoms. The maximum absolute atomic E-state index is 5.53. The Morgan fingerprint density at radius 2 is 2.00 bits per heavy atom. The van der Waals surface area contributed by atoms with Crippen LogP contribution in [0, 0.1) is 5.41 Å². The molecule has 14 heavy (non-hydrogen) atoms. The van der Waals surface area contributed by atoms with Gasteiger partial charge in [0, 0.05) is 5.41 Å². The molecule has 0 aromatic rings. The van der Waals surface area contributed by atoms with E-state index in [1.54, 1.807) is 0 Å². The molecular formula is C11H23N3. The zero-order valence-corrected chi connectivity index (χ0v) is 9.64. The van der Waals surface area contributed by atoms with Crippen molar-refractivity contribution in [2.24, 2.45) is 16.3 Å². The second kappa shape index (κ2) is 4.78. The SMILES string of the molecule is CCC(C)(C)C(=NC1CCCC1)NN. The topological polar surface area (TPSA) is 50.4 Å². The number of hydrazine groups is 1. The molecule has 1 fully saturated rings. The van der Waals surface area contributed by atoms with Crippen LogP contribution in [0.5, 0.6) is 0 Å². The van der Waals surface area contributed by atoms with Crippen LogP contribution in [-0.2, 0) is 0 Å². The summed E-state index contributed by atoms with van der Waals surface area (Å²) in [6.45, 7) is 6.53. The van der Waals surface area contributed by atoms with E-state index in [2.05, 4.69) is 26.2 Å². The van der Waals surface area contributed by atoms with Crippen molar-refractivity contribution in [3.8, 4) is 0 Å². The van der Waals surface area contributed by atoms with Gasteiger partial charge in [0.15, 0.2) is 0 Å². The van der Waals surface area contributed by atoms with E-state index in [0.29, 0.717) is 6.04 Å². The molecule has 0 unspecified atom stereocenters. The number of aliphatic imine (C=N–C) groups is 1. The Labute approximate surface area is 87.1 Å². The minimum absolute atomic E-state index is 0.0807.